The number of aryl methyl sites for hydroxylation is 1. The molecule has 1 aromatic heterocycles. The van der Waals surface area contributed by atoms with Crippen LogP contribution in [0.1, 0.15) is 51.3 Å². The van der Waals surface area contributed by atoms with Gasteiger partial charge in [0.1, 0.15) is 5.84 Å². The minimum absolute atomic E-state index is 0.245. The monoisotopic (exact) mass is 292 g/mol. The molecule has 0 aliphatic heterocycles. The molecule has 0 bridgehead atoms. The zero-order valence-electron chi connectivity index (χ0n) is 13.4. The average Bonchev–Trinajstić information content (AvgIpc) is 2.50. The normalized spacial score (nSPS) is 12.6. The van der Waals surface area contributed by atoms with Gasteiger partial charge in [0.25, 0.3) is 0 Å². The zero-order chi connectivity index (χ0) is 15.7. The largest absolute Gasteiger partial charge is 0.409 e. The molecule has 118 valence electrons. The Hall–Kier alpha value is -1.62. The van der Waals surface area contributed by atoms with E-state index in [2.05, 4.69) is 28.4 Å². The van der Waals surface area contributed by atoms with Gasteiger partial charge in [-0.3, -0.25) is 4.98 Å². The molecule has 0 radical (unpaired) electrons. The molecule has 0 saturated heterocycles. The Morgan fingerprint density at radius 3 is 2.86 bits per heavy atom. The Morgan fingerprint density at radius 1 is 1.43 bits per heavy atom. The van der Waals surface area contributed by atoms with Crippen molar-refractivity contribution in [2.75, 3.05) is 6.54 Å². The van der Waals surface area contributed by atoms with Crippen LogP contribution in [0.25, 0.3) is 0 Å². The Kier molecular flexibility index (Phi) is 7.15. The van der Waals surface area contributed by atoms with E-state index < -0.39 is 0 Å². The van der Waals surface area contributed by atoms with E-state index in [-0.39, 0.29) is 5.41 Å². The molecule has 0 aliphatic rings. The molecule has 4 N–H and O–H groups in total. The van der Waals surface area contributed by atoms with E-state index in [1.54, 1.807) is 0 Å². The molecule has 1 heterocycles. The Balaban J connectivity index is 2.24. The fourth-order valence-electron chi connectivity index (χ4n) is 2.24. The maximum Gasteiger partial charge on any atom is 0.144 e. The standard InChI is InChI=1S/C16H28N4O/c1-4-13-8-7-11-19-14(13)12-18-10-6-5-9-16(2,3)15(17)20-21/h7-8,11,18,21H,4-6,9-10,12H2,1-3H3,(H2,17,20). The fraction of sp³-hybridized carbons (Fsp3) is 0.625. The first-order valence-corrected chi connectivity index (χ1v) is 7.62. The minimum atomic E-state index is -0.245. The van der Waals surface area contributed by atoms with Gasteiger partial charge in [-0.05, 0) is 37.4 Å². The number of amidine groups is 1. The average molecular weight is 292 g/mol. The summed E-state index contributed by atoms with van der Waals surface area (Å²) in [7, 11) is 0. The Morgan fingerprint density at radius 2 is 2.19 bits per heavy atom. The summed E-state index contributed by atoms with van der Waals surface area (Å²) in [6.45, 7) is 7.91. The summed E-state index contributed by atoms with van der Waals surface area (Å²) in [5, 5.41) is 15.3. The fourth-order valence-corrected chi connectivity index (χ4v) is 2.24. The van der Waals surface area contributed by atoms with Gasteiger partial charge < -0.3 is 16.3 Å². The lowest BCUT2D eigenvalue weighted by Gasteiger charge is -2.22. The van der Waals surface area contributed by atoms with Gasteiger partial charge in [0.15, 0.2) is 0 Å². The second kappa shape index (κ2) is 8.62. The van der Waals surface area contributed by atoms with Gasteiger partial charge >= 0.3 is 0 Å². The predicted octanol–water partition coefficient (Wildman–Crippen LogP) is 2.68. The smallest absolute Gasteiger partial charge is 0.144 e. The summed E-state index contributed by atoms with van der Waals surface area (Å²) in [6, 6.07) is 4.11. The molecule has 0 amide bonds. The molecule has 0 atom stereocenters. The number of nitrogens with two attached hydrogens (primary N) is 1. The third-order valence-corrected chi connectivity index (χ3v) is 3.86. The van der Waals surface area contributed by atoms with E-state index in [9.17, 15) is 0 Å². The highest BCUT2D eigenvalue weighted by Crippen LogP contribution is 2.23. The molecular weight excluding hydrogens is 264 g/mol. The van der Waals surface area contributed by atoms with Crippen LogP contribution in [0.3, 0.4) is 0 Å². The van der Waals surface area contributed by atoms with E-state index in [1.165, 1.54) is 5.56 Å². The number of pyridine rings is 1. The summed E-state index contributed by atoms with van der Waals surface area (Å²) in [5.41, 5.74) is 7.87. The van der Waals surface area contributed by atoms with Crippen LogP contribution >= 0.6 is 0 Å². The van der Waals surface area contributed by atoms with Crippen molar-refractivity contribution in [3.8, 4) is 0 Å². The molecule has 5 nitrogen and oxygen atoms in total. The zero-order valence-corrected chi connectivity index (χ0v) is 13.4. The summed E-state index contributed by atoms with van der Waals surface area (Å²) in [5.74, 6) is 0.302. The lowest BCUT2D eigenvalue weighted by Crippen LogP contribution is -2.32. The molecule has 0 aromatic carbocycles. The van der Waals surface area contributed by atoms with Gasteiger partial charge in [0.05, 0.1) is 5.69 Å². The van der Waals surface area contributed by atoms with Gasteiger partial charge in [-0.15, -0.1) is 0 Å². The van der Waals surface area contributed by atoms with E-state index in [4.69, 9.17) is 10.9 Å². The second-order valence-electron chi connectivity index (χ2n) is 5.97. The van der Waals surface area contributed by atoms with Crippen LogP contribution in [-0.4, -0.2) is 22.6 Å². The van der Waals surface area contributed by atoms with Crippen molar-refractivity contribution >= 4 is 5.84 Å². The van der Waals surface area contributed by atoms with Crippen LogP contribution < -0.4 is 11.1 Å². The van der Waals surface area contributed by atoms with Gasteiger partial charge in [0, 0.05) is 18.2 Å². The number of hydrogen-bond acceptors (Lipinski definition) is 4. The SMILES string of the molecule is CCc1cccnc1CNCCCCC(C)(C)/C(N)=N/O. The Labute approximate surface area is 127 Å². The number of aromatic nitrogens is 1. The number of unbranched alkanes of at least 4 members (excludes halogenated alkanes) is 1. The molecule has 0 saturated carbocycles. The quantitative estimate of drug-likeness (QED) is 0.215. The van der Waals surface area contributed by atoms with Crippen molar-refractivity contribution in [3.63, 3.8) is 0 Å². The molecule has 0 fully saturated rings. The molecule has 5 heteroatoms. The lowest BCUT2D eigenvalue weighted by atomic mass is 9.86. The van der Waals surface area contributed by atoms with Crippen molar-refractivity contribution < 1.29 is 5.21 Å². The predicted molar refractivity (Wildman–Crippen MR) is 86.4 cm³/mol. The van der Waals surface area contributed by atoms with Gasteiger partial charge in [0.2, 0.25) is 0 Å². The van der Waals surface area contributed by atoms with Gasteiger partial charge in [-0.25, -0.2) is 0 Å². The van der Waals surface area contributed by atoms with E-state index in [0.717, 1.165) is 44.5 Å². The maximum atomic E-state index is 8.73. The highest BCUT2D eigenvalue weighted by atomic mass is 16.4. The van der Waals surface area contributed by atoms with Crippen LogP contribution in [0.2, 0.25) is 0 Å². The lowest BCUT2D eigenvalue weighted by molar-refractivity contribution is 0.304. The molecule has 21 heavy (non-hydrogen) atoms. The molecule has 0 spiro atoms. The first-order valence-electron chi connectivity index (χ1n) is 7.62. The Bertz CT molecular complexity index is 457. The summed E-state index contributed by atoms with van der Waals surface area (Å²) in [6.07, 6.45) is 5.87. The van der Waals surface area contributed by atoms with E-state index in [1.807, 2.05) is 26.1 Å². The van der Waals surface area contributed by atoms with Crippen LogP contribution in [0, 0.1) is 5.41 Å². The molecule has 0 unspecified atom stereocenters. The molecule has 1 aromatic rings. The summed E-state index contributed by atoms with van der Waals surface area (Å²) < 4.78 is 0. The first-order chi connectivity index (χ1) is 10.0. The van der Waals surface area contributed by atoms with Crippen LogP contribution in [0.15, 0.2) is 23.5 Å². The number of hydrogen-bond donors (Lipinski definition) is 3. The number of nitrogens with zero attached hydrogens (tertiary/aromatic N) is 2. The number of oxime groups is 1. The second-order valence-corrected chi connectivity index (χ2v) is 5.97. The summed E-state index contributed by atoms with van der Waals surface area (Å²) in [4.78, 5) is 4.42. The molecule has 0 aliphatic carbocycles. The van der Waals surface area contributed by atoms with Crippen molar-refractivity contribution in [2.45, 2.75) is 53.0 Å². The first kappa shape index (κ1) is 17.4. The van der Waals surface area contributed by atoms with Crippen molar-refractivity contribution in [1.29, 1.82) is 0 Å². The van der Waals surface area contributed by atoms with Gasteiger partial charge in [-0.1, -0.05) is 38.4 Å². The third-order valence-electron chi connectivity index (χ3n) is 3.86. The highest BCUT2D eigenvalue weighted by molar-refractivity contribution is 5.85. The van der Waals surface area contributed by atoms with Crippen molar-refractivity contribution in [3.05, 3.63) is 29.6 Å². The van der Waals surface area contributed by atoms with E-state index >= 15 is 0 Å². The third kappa shape index (κ3) is 5.71. The van der Waals surface area contributed by atoms with Crippen LogP contribution in [0.4, 0.5) is 0 Å². The molecular formula is C16H28N4O. The highest BCUT2D eigenvalue weighted by Gasteiger charge is 2.22. The van der Waals surface area contributed by atoms with Crippen molar-refractivity contribution in [2.24, 2.45) is 16.3 Å². The van der Waals surface area contributed by atoms with E-state index in [0.29, 0.717) is 5.84 Å². The summed E-state index contributed by atoms with van der Waals surface area (Å²) >= 11 is 0. The number of nitrogens with one attached hydrogen (secondary N) is 1. The number of rotatable bonds is 9. The maximum absolute atomic E-state index is 8.73. The minimum Gasteiger partial charge on any atom is -0.409 e. The molecule has 1 rings (SSSR count). The van der Waals surface area contributed by atoms with Crippen LogP contribution in [0.5, 0.6) is 0 Å². The topological polar surface area (TPSA) is 83.5 Å². The van der Waals surface area contributed by atoms with Gasteiger partial charge in [-0.2, -0.15) is 0 Å². The van der Waals surface area contributed by atoms with Crippen molar-refractivity contribution in [1.82, 2.24) is 10.3 Å². The van der Waals surface area contributed by atoms with Crippen LogP contribution in [-0.2, 0) is 13.0 Å².